The molecule has 0 aliphatic rings. The normalized spacial score (nSPS) is 10.3. The van der Waals surface area contributed by atoms with E-state index in [1.807, 2.05) is 26.0 Å². The minimum atomic E-state index is -0.266. The number of benzene rings is 2. The van der Waals surface area contributed by atoms with Crippen LogP contribution in [0.15, 0.2) is 36.4 Å². The maximum absolute atomic E-state index is 11.2. The summed E-state index contributed by atoms with van der Waals surface area (Å²) < 4.78 is 0. The van der Waals surface area contributed by atoms with Crippen LogP contribution in [0.3, 0.4) is 0 Å². The quantitative estimate of drug-likeness (QED) is 0.623. The summed E-state index contributed by atoms with van der Waals surface area (Å²) in [5, 5.41) is 13.8. The van der Waals surface area contributed by atoms with E-state index >= 15 is 0 Å². The zero-order chi connectivity index (χ0) is 21.0. The van der Waals surface area contributed by atoms with Gasteiger partial charge in [-0.15, -0.1) is 11.6 Å². The zero-order valence-corrected chi connectivity index (χ0v) is 18.5. The SMILES string of the molecule is CC.CCN(C(C)C)C(C)C.O=C(CCl)Nc1cccc2ccc(O)cc12. The van der Waals surface area contributed by atoms with E-state index in [9.17, 15) is 9.90 Å². The lowest BCUT2D eigenvalue weighted by molar-refractivity contribution is -0.113. The van der Waals surface area contributed by atoms with Crippen molar-refractivity contribution in [2.45, 2.75) is 60.5 Å². The molecule has 27 heavy (non-hydrogen) atoms. The van der Waals surface area contributed by atoms with E-state index in [0.717, 1.165) is 17.3 Å². The molecule has 0 fully saturated rings. The van der Waals surface area contributed by atoms with Crippen molar-refractivity contribution in [3.8, 4) is 5.75 Å². The van der Waals surface area contributed by atoms with Crippen molar-refractivity contribution in [3.05, 3.63) is 36.4 Å². The molecule has 0 aromatic heterocycles. The standard InChI is InChI=1S/C12H10ClNO2.C8H19N.C2H6/c13-7-12(16)14-11-3-1-2-8-4-5-9(15)6-10(8)11;1-6-9(7(2)3)8(4)5;1-2/h1-6,15H,7H2,(H,14,16);7-8H,6H2,1-5H3;1-2H3. The Morgan fingerprint density at radius 2 is 1.70 bits per heavy atom. The first-order chi connectivity index (χ1) is 12.8. The molecular weight excluding hydrogens is 360 g/mol. The highest BCUT2D eigenvalue weighted by atomic mass is 35.5. The Labute approximate surface area is 169 Å². The monoisotopic (exact) mass is 394 g/mol. The van der Waals surface area contributed by atoms with Gasteiger partial charge < -0.3 is 10.4 Å². The second-order valence-electron chi connectivity index (χ2n) is 6.41. The van der Waals surface area contributed by atoms with E-state index in [1.165, 1.54) is 0 Å². The first-order valence-corrected chi connectivity index (χ1v) is 10.2. The number of halogens is 1. The molecule has 2 aromatic carbocycles. The number of alkyl halides is 1. The lowest BCUT2D eigenvalue weighted by Gasteiger charge is -2.28. The molecule has 0 unspecified atom stereocenters. The molecule has 0 saturated heterocycles. The van der Waals surface area contributed by atoms with Gasteiger partial charge in [-0.1, -0.05) is 39.0 Å². The van der Waals surface area contributed by atoms with Crippen LogP contribution in [-0.4, -0.2) is 40.4 Å². The molecule has 0 aliphatic carbocycles. The third-order valence-corrected chi connectivity index (χ3v) is 4.20. The maximum Gasteiger partial charge on any atom is 0.239 e. The molecule has 2 aromatic rings. The Bertz CT molecular complexity index is 679. The van der Waals surface area contributed by atoms with Gasteiger partial charge in [-0.05, 0) is 57.8 Å². The molecule has 0 heterocycles. The van der Waals surface area contributed by atoms with Gasteiger partial charge in [0, 0.05) is 23.2 Å². The van der Waals surface area contributed by atoms with E-state index in [4.69, 9.17) is 11.6 Å². The number of phenols is 1. The van der Waals surface area contributed by atoms with Gasteiger partial charge in [-0.3, -0.25) is 9.69 Å². The molecule has 0 spiro atoms. The Morgan fingerprint density at radius 3 is 2.15 bits per heavy atom. The number of carbonyl (C=O) groups is 1. The fourth-order valence-electron chi connectivity index (χ4n) is 2.88. The summed E-state index contributed by atoms with van der Waals surface area (Å²) in [6, 6.07) is 11.9. The van der Waals surface area contributed by atoms with Crippen molar-refractivity contribution in [2.75, 3.05) is 17.7 Å². The number of nitrogens with one attached hydrogen (secondary N) is 1. The molecule has 5 heteroatoms. The van der Waals surface area contributed by atoms with E-state index in [0.29, 0.717) is 17.8 Å². The number of rotatable bonds is 5. The molecule has 1 amide bonds. The van der Waals surface area contributed by atoms with Crippen LogP contribution in [0, 0.1) is 0 Å². The second-order valence-corrected chi connectivity index (χ2v) is 6.68. The van der Waals surface area contributed by atoms with Crippen LogP contribution in [0.2, 0.25) is 0 Å². The molecule has 2 N–H and O–H groups in total. The highest BCUT2D eigenvalue weighted by Gasteiger charge is 2.09. The first-order valence-electron chi connectivity index (χ1n) is 9.63. The van der Waals surface area contributed by atoms with Gasteiger partial charge >= 0.3 is 0 Å². The van der Waals surface area contributed by atoms with E-state index < -0.39 is 0 Å². The lowest BCUT2D eigenvalue weighted by atomic mass is 10.1. The van der Waals surface area contributed by atoms with Gasteiger partial charge in [0.15, 0.2) is 0 Å². The second kappa shape index (κ2) is 13.4. The smallest absolute Gasteiger partial charge is 0.239 e. The van der Waals surface area contributed by atoms with Crippen LogP contribution < -0.4 is 5.32 Å². The summed E-state index contributed by atoms with van der Waals surface area (Å²) in [6.45, 7) is 16.3. The average molecular weight is 395 g/mol. The van der Waals surface area contributed by atoms with Crippen molar-refractivity contribution in [1.82, 2.24) is 4.90 Å². The predicted molar refractivity (Wildman–Crippen MR) is 119 cm³/mol. The van der Waals surface area contributed by atoms with Gasteiger partial charge in [0.2, 0.25) is 5.91 Å². The summed E-state index contributed by atoms with van der Waals surface area (Å²) in [6.07, 6.45) is 0. The number of aromatic hydroxyl groups is 1. The highest BCUT2D eigenvalue weighted by molar-refractivity contribution is 6.29. The minimum absolute atomic E-state index is 0.0881. The molecule has 0 atom stereocenters. The van der Waals surface area contributed by atoms with Crippen LogP contribution in [0.1, 0.15) is 48.5 Å². The highest BCUT2D eigenvalue weighted by Crippen LogP contribution is 2.26. The Hall–Kier alpha value is -1.78. The summed E-state index contributed by atoms with van der Waals surface area (Å²) in [5.74, 6) is -0.188. The molecule has 2 rings (SSSR count). The molecule has 0 saturated carbocycles. The van der Waals surface area contributed by atoms with E-state index in [2.05, 4.69) is 44.8 Å². The van der Waals surface area contributed by atoms with Gasteiger partial charge in [0.25, 0.3) is 0 Å². The third-order valence-electron chi connectivity index (χ3n) is 3.95. The Kier molecular flexibility index (Phi) is 12.5. The van der Waals surface area contributed by atoms with Crippen molar-refractivity contribution >= 4 is 34.0 Å². The average Bonchev–Trinajstić information content (AvgIpc) is 2.64. The Balaban J connectivity index is 0.000000528. The Morgan fingerprint density at radius 1 is 1.11 bits per heavy atom. The van der Waals surface area contributed by atoms with Crippen molar-refractivity contribution in [2.24, 2.45) is 0 Å². The van der Waals surface area contributed by atoms with Crippen molar-refractivity contribution in [3.63, 3.8) is 0 Å². The molecule has 152 valence electrons. The maximum atomic E-state index is 11.2. The number of nitrogens with zero attached hydrogens (tertiary/aromatic N) is 1. The minimum Gasteiger partial charge on any atom is -0.508 e. The third kappa shape index (κ3) is 8.63. The summed E-state index contributed by atoms with van der Waals surface area (Å²) in [4.78, 5) is 13.7. The van der Waals surface area contributed by atoms with Gasteiger partial charge in [-0.25, -0.2) is 0 Å². The van der Waals surface area contributed by atoms with E-state index in [-0.39, 0.29) is 17.5 Å². The van der Waals surface area contributed by atoms with Crippen LogP contribution >= 0.6 is 11.6 Å². The topological polar surface area (TPSA) is 52.6 Å². The zero-order valence-electron chi connectivity index (χ0n) is 17.7. The summed E-state index contributed by atoms with van der Waals surface area (Å²) in [5.41, 5.74) is 0.652. The number of carbonyl (C=O) groups excluding carboxylic acids is 1. The molecule has 4 nitrogen and oxygen atoms in total. The molecular formula is C22H35ClN2O2. The largest absolute Gasteiger partial charge is 0.508 e. The summed E-state index contributed by atoms with van der Waals surface area (Å²) in [7, 11) is 0. The first kappa shape index (κ1) is 25.2. The number of phenolic OH excluding ortho intramolecular Hbond substituents is 1. The number of hydrogen-bond acceptors (Lipinski definition) is 3. The fraction of sp³-hybridized carbons (Fsp3) is 0.500. The van der Waals surface area contributed by atoms with E-state index in [1.54, 1.807) is 24.3 Å². The van der Waals surface area contributed by atoms with Gasteiger partial charge in [0.05, 0.1) is 0 Å². The number of hydrogen-bond donors (Lipinski definition) is 2. The molecule has 0 bridgehead atoms. The predicted octanol–water partition coefficient (Wildman–Crippen LogP) is 5.87. The van der Waals surface area contributed by atoms with Crippen molar-refractivity contribution in [1.29, 1.82) is 0 Å². The van der Waals surface area contributed by atoms with Crippen LogP contribution in [0.4, 0.5) is 5.69 Å². The molecule has 0 radical (unpaired) electrons. The molecule has 0 aliphatic heterocycles. The number of fused-ring (bicyclic) bond motifs is 1. The number of amides is 1. The lowest BCUT2D eigenvalue weighted by Crippen LogP contribution is -2.36. The van der Waals surface area contributed by atoms with Gasteiger partial charge in [0.1, 0.15) is 11.6 Å². The summed E-state index contributed by atoms with van der Waals surface area (Å²) >= 11 is 5.42. The number of anilines is 1. The van der Waals surface area contributed by atoms with Crippen LogP contribution in [0.25, 0.3) is 10.8 Å². The van der Waals surface area contributed by atoms with Gasteiger partial charge in [-0.2, -0.15) is 0 Å². The van der Waals surface area contributed by atoms with Crippen LogP contribution in [0.5, 0.6) is 5.75 Å². The van der Waals surface area contributed by atoms with Crippen LogP contribution in [-0.2, 0) is 4.79 Å². The fourth-order valence-corrected chi connectivity index (χ4v) is 2.95. The van der Waals surface area contributed by atoms with Crippen molar-refractivity contribution < 1.29 is 9.90 Å².